The average molecular weight is 1020 g/mol. The van der Waals surface area contributed by atoms with E-state index in [0.29, 0.717) is 43.9 Å². The molecule has 0 aliphatic rings. The molecule has 6 rings (SSSR count). The van der Waals surface area contributed by atoms with E-state index in [0.717, 1.165) is 7.14 Å². The van der Waals surface area contributed by atoms with Crippen LogP contribution in [0.25, 0.3) is 43.9 Å². The average Bonchev–Trinajstić information content (AvgIpc) is 3.14. The van der Waals surface area contributed by atoms with Crippen LogP contribution < -0.4 is 32.1 Å². The Hall–Kier alpha value is -4.73. The molecule has 0 aliphatic heterocycles. The number of hydrogen-bond donors (Lipinski definition) is 0. The zero-order valence-electron chi connectivity index (χ0n) is 28.2. The van der Waals surface area contributed by atoms with Crippen molar-refractivity contribution in [3.05, 3.63) is 113 Å². The molecule has 26 heteroatoms. The van der Waals surface area contributed by atoms with Crippen LogP contribution in [-0.2, 0) is 10.1 Å². The van der Waals surface area contributed by atoms with Gasteiger partial charge in [-0.25, -0.2) is 8.42 Å². The van der Waals surface area contributed by atoms with Crippen molar-refractivity contribution in [2.75, 3.05) is 0 Å². The molecule has 0 fully saturated rings. The molecule has 0 spiro atoms. The quantitative estimate of drug-likeness (QED) is 0.0675. The van der Waals surface area contributed by atoms with Crippen molar-refractivity contribution in [3.8, 4) is 0 Å². The maximum atomic E-state index is 13.0. The Morgan fingerprint density at radius 3 is 1.10 bits per heavy atom. The van der Waals surface area contributed by atoms with E-state index in [1.165, 1.54) is 0 Å². The van der Waals surface area contributed by atoms with Gasteiger partial charge in [0.05, 0.1) is 21.5 Å². The van der Waals surface area contributed by atoms with Crippen LogP contribution in [0.1, 0.15) is 0 Å². The third kappa shape index (κ3) is 7.09. The first-order valence-electron chi connectivity index (χ1n) is 15.4. The lowest BCUT2D eigenvalue weighted by Gasteiger charge is -2.42. The number of hydrogen-bond acceptors (Lipinski definition) is 7. The highest BCUT2D eigenvalue weighted by atomic mass is 127. The molecular formula is C34H14F17IO7S. The lowest BCUT2D eigenvalue weighted by molar-refractivity contribution is -0.597. The van der Waals surface area contributed by atoms with Crippen LogP contribution in [0, 0.1) is 7.14 Å². The highest BCUT2D eigenvalue weighted by molar-refractivity contribution is 7.86. The summed E-state index contributed by atoms with van der Waals surface area (Å²) in [5, 5.41) is -5.62. The minimum atomic E-state index is -8.92. The molecule has 0 atom stereocenters. The van der Waals surface area contributed by atoms with Crippen LogP contribution in [0.15, 0.2) is 103 Å². The molecule has 4 aromatic carbocycles. The molecule has 2 heterocycles. The lowest BCUT2D eigenvalue weighted by Crippen LogP contribution is -3.61. The summed E-state index contributed by atoms with van der Waals surface area (Å²) in [6, 6.07) is 26.2. The van der Waals surface area contributed by atoms with Crippen molar-refractivity contribution >= 4 is 54.0 Å². The topological polar surface area (TPSA) is 118 Å². The number of para-hydroxylation sites is 2. The molecule has 60 heavy (non-hydrogen) atoms. The summed E-state index contributed by atoms with van der Waals surface area (Å²) in [6.45, 7) is 0. The first kappa shape index (κ1) is 46.3. The van der Waals surface area contributed by atoms with Gasteiger partial charge in [0.15, 0.2) is 17.3 Å². The van der Waals surface area contributed by atoms with Gasteiger partial charge in [-0.05, 0) is 48.5 Å². The van der Waals surface area contributed by atoms with E-state index < -0.39 is 78.3 Å². The third-order valence-corrected chi connectivity index (χ3v) is 11.8. The van der Waals surface area contributed by atoms with Gasteiger partial charge in [-0.2, -0.15) is 74.6 Å². The smallest absolute Gasteiger partial charge is 0.460 e. The van der Waals surface area contributed by atoms with Gasteiger partial charge >= 0.3 is 68.2 Å². The molecular weight excluding hydrogens is 1000 g/mol. The summed E-state index contributed by atoms with van der Waals surface area (Å²) < 4.78 is 258. The number of alkyl halides is 17. The van der Waals surface area contributed by atoms with Crippen molar-refractivity contribution in [1.82, 2.24) is 0 Å². The van der Waals surface area contributed by atoms with E-state index in [2.05, 4.69) is 0 Å². The van der Waals surface area contributed by atoms with Gasteiger partial charge in [0, 0.05) is 12.1 Å². The van der Waals surface area contributed by atoms with Crippen LogP contribution in [0.2, 0.25) is 0 Å². The second-order valence-corrected chi connectivity index (χ2v) is 16.6. The Bertz CT molecular complexity index is 2740. The summed E-state index contributed by atoms with van der Waals surface area (Å²) in [5.41, 5.74) is 2.32. The summed E-state index contributed by atoms with van der Waals surface area (Å²) in [7, 11) is -8.14. The van der Waals surface area contributed by atoms with E-state index >= 15 is 0 Å². The molecule has 2 aromatic heterocycles. The van der Waals surface area contributed by atoms with Gasteiger partial charge in [-0.3, -0.25) is 9.59 Å². The Morgan fingerprint density at radius 1 is 0.433 bits per heavy atom. The van der Waals surface area contributed by atoms with Crippen molar-refractivity contribution in [2.24, 2.45) is 0 Å². The molecule has 0 radical (unpaired) electrons. The predicted octanol–water partition coefficient (Wildman–Crippen LogP) is 6.83. The standard InChI is InChI=1S/C26H14IO4.C8HF17O3S/c28-25-17-5-1-3-7-21(17)30-23-11-9-15(13-19(23)25)27-16-10-12-24-20(14-16)26(29)18-6-2-4-8-22(18)31-24;9-1(10,3(13,14)5(17,18)7(21,22)23)2(11,12)4(15,16)6(19,20)8(24,25)29(26,27)28/h1-14H;(H,26,27,28)/q+1;/p-1. The Morgan fingerprint density at radius 2 is 0.750 bits per heavy atom. The van der Waals surface area contributed by atoms with Gasteiger partial charge < -0.3 is 13.4 Å². The monoisotopic (exact) mass is 1020 g/mol. The minimum Gasteiger partial charge on any atom is -0.743 e. The number of benzene rings is 4. The number of halogens is 18. The molecule has 0 unspecified atom stereocenters. The fourth-order valence-corrected chi connectivity index (χ4v) is 7.92. The summed E-state index contributed by atoms with van der Waals surface area (Å²) in [5.74, 6) is -52.1. The third-order valence-electron chi connectivity index (χ3n) is 8.30. The Labute approximate surface area is 330 Å². The normalized spacial score (nSPS) is 14.2. The molecule has 0 saturated heterocycles. The van der Waals surface area contributed by atoms with Gasteiger partial charge in [0.2, 0.25) is 10.9 Å². The molecule has 0 N–H and O–H groups in total. The van der Waals surface area contributed by atoms with Crippen molar-refractivity contribution in [1.29, 1.82) is 0 Å². The number of rotatable bonds is 9. The largest absolute Gasteiger partial charge is 0.743 e. The molecule has 7 nitrogen and oxygen atoms in total. The maximum Gasteiger partial charge on any atom is 0.460 e. The van der Waals surface area contributed by atoms with Gasteiger partial charge in [-0.1, -0.05) is 24.3 Å². The molecule has 0 bridgehead atoms. The summed E-state index contributed by atoms with van der Waals surface area (Å²) in [4.78, 5) is 25.9. The van der Waals surface area contributed by atoms with Gasteiger partial charge in [0.25, 0.3) is 0 Å². The Balaban J connectivity index is 0.000000229. The van der Waals surface area contributed by atoms with E-state index in [1.54, 1.807) is 24.3 Å². The first-order chi connectivity index (χ1) is 27.2. The molecule has 0 aliphatic carbocycles. The highest BCUT2D eigenvalue weighted by Crippen LogP contribution is 2.64. The SMILES string of the molecule is O=S(=O)([O-])C(F)(F)C(F)(F)C(F)(F)C(F)(F)C(F)(F)C(F)(F)C(F)(F)C(F)(F)F.O=c1c2ccccc2oc2ccc([I+]c3ccc4oc5ccccc5c(=O)c4c3)cc12. The van der Waals surface area contributed by atoms with Crippen LogP contribution in [0.5, 0.6) is 0 Å². The minimum absolute atomic E-state index is 0.0201. The fraction of sp³-hybridized carbons (Fsp3) is 0.235. The molecule has 0 amide bonds. The molecule has 0 saturated carbocycles. The van der Waals surface area contributed by atoms with Crippen molar-refractivity contribution in [2.45, 2.75) is 47.0 Å². The van der Waals surface area contributed by atoms with Crippen LogP contribution >= 0.6 is 0 Å². The lowest BCUT2D eigenvalue weighted by atomic mass is 9.91. The first-order valence-corrected chi connectivity index (χ1v) is 19.0. The zero-order chi connectivity index (χ0) is 45.4. The number of fused-ring (bicyclic) bond motifs is 4. The van der Waals surface area contributed by atoms with E-state index in [1.807, 2.05) is 60.7 Å². The molecule has 6 aromatic rings. The summed E-state index contributed by atoms with van der Waals surface area (Å²) in [6.07, 6.45) is -7.89. The second kappa shape index (κ2) is 14.7. The Kier molecular flexibility index (Phi) is 11.4. The van der Waals surface area contributed by atoms with Crippen molar-refractivity contribution in [3.63, 3.8) is 0 Å². The van der Waals surface area contributed by atoms with Crippen LogP contribution in [-0.4, -0.2) is 59.9 Å². The van der Waals surface area contributed by atoms with E-state index in [9.17, 15) is 97.2 Å². The van der Waals surface area contributed by atoms with Crippen LogP contribution in [0.3, 0.4) is 0 Å². The van der Waals surface area contributed by atoms with Crippen molar-refractivity contribution < 1.29 is 118 Å². The fourth-order valence-electron chi connectivity index (χ4n) is 5.10. The van der Waals surface area contributed by atoms with Gasteiger partial charge in [0.1, 0.15) is 22.3 Å². The second-order valence-electron chi connectivity index (χ2n) is 12.1. The summed E-state index contributed by atoms with van der Waals surface area (Å²) >= 11 is -0.596. The van der Waals surface area contributed by atoms with E-state index in [4.69, 9.17) is 8.83 Å². The molecule has 324 valence electrons. The predicted molar refractivity (Wildman–Crippen MR) is 168 cm³/mol. The van der Waals surface area contributed by atoms with Gasteiger partial charge in [-0.15, -0.1) is 0 Å². The van der Waals surface area contributed by atoms with E-state index in [-0.39, 0.29) is 10.9 Å². The maximum absolute atomic E-state index is 13.0. The van der Waals surface area contributed by atoms with Crippen LogP contribution in [0.4, 0.5) is 74.6 Å². The highest BCUT2D eigenvalue weighted by Gasteiger charge is 2.95. The zero-order valence-corrected chi connectivity index (χ0v) is 31.1.